The Hall–Kier alpha value is -2.43. The van der Waals surface area contributed by atoms with E-state index in [2.05, 4.69) is 0 Å². The van der Waals surface area contributed by atoms with Crippen LogP contribution in [0.5, 0.6) is 0 Å². The highest BCUT2D eigenvalue weighted by atomic mass is 16.4. The van der Waals surface area contributed by atoms with Gasteiger partial charge in [0.15, 0.2) is 0 Å². The van der Waals surface area contributed by atoms with E-state index in [0.717, 1.165) is 0 Å². The molecule has 2 aliphatic rings. The molecule has 1 aliphatic heterocycles. The van der Waals surface area contributed by atoms with E-state index in [1.165, 1.54) is 17.0 Å². The maximum absolute atomic E-state index is 12.5. The van der Waals surface area contributed by atoms with Crippen LogP contribution in [-0.4, -0.2) is 22.9 Å². The molecule has 0 aromatic heterocycles. The lowest BCUT2D eigenvalue weighted by molar-refractivity contribution is -0.122. The Bertz CT molecular complexity index is 651. The number of aryl methyl sites for hydroxylation is 1. The van der Waals surface area contributed by atoms with E-state index in [9.17, 15) is 14.4 Å². The first-order valence-corrected chi connectivity index (χ1v) is 6.87. The number of carboxylic acids is 1. The Morgan fingerprint density at radius 3 is 2.19 bits per heavy atom. The van der Waals surface area contributed by atoms with Crippen molar-refractivity contribution in [3.63, 3.8) is 0 Å². The van der Waals surface area contributed by atoms with Crippen LogP contribution in [0.25, 0.3) is 0 Å². The molecule has 1 N–H and O–H groups in total. The summed E-state index contributed by atoms with van der Waals surface area (Å²) in [5.41, 5.74) is 1.25. The maximum Gasteiger partial charge on any atom is 0.335 e. The monoisotopic (exact) mass is 285 g/mol. The van der Waals surface area contributed by atoms with Gasteiger partial charge in [0.2, 0.25) is 11.8 Å². The lowest BCUT2D eigenvalue weighted by Crippen LogP contribution is -2.31. The van der Waals surface area contributed by atoms with Crippen LogP contribution in [0.15, 0.2) is 30.4 Å². The molecule has 0 saturated carbocycles. The van der Waals surface area contributed by atoms with Crippen LogP contribution in [0.4, 0.5) is 5.69 Å². The van der Waals surface area contributed by atoms with Gasteiger partial charge >= 0.3 is 5.97 Å². The van der Waals surface area contributed by atoms with Gasteiger partial charge in [0.1, 0.15) is 0 Å². The number of amides is 2. The van der Waals surface area contributed by atoms with Gasteiger partial charge in [-0.3, -0.25) is 9.59 Å². The average molecular weight is 285 g/mol. The molecule has 2 atom stereocenters. The van der Waals surface area contributed by atoms with Crippen LogP contribution in [0.3, 0.4) is 0 Å². The van der Waals surface area contributed by atoms with Crippen molar-refractivity contribution in [3.05, 3.63) is 41.5 Å². The first-order valence-electron chi connectivity index (χ1n) is 6.87. The molecule has 0 spiro atoms. The van der Waals surface area contributed by atoms with E-state index in [0.29, 0.717) is 24.1 Å². The van der Waals surface area contributed by atoms with Crippen LogP contribution >= 0.6 is 0 Å². The molecule has 1 aromatic carbocycles. The number of allylic oxidation sites excluding steroid dienone is 2. The number of carboxylic acid groups (broad SMARTS) is 1. The SMILES string of the molecule is Cc1cc(C(=O)O)ccc1N1C(=O)C2CC=CCC2C1=O. The summed E-state index contributed by atoms with van der Waals surface area (Å²) in [6, 6.07) is 4.45. The summed E-state index contributed by atoms with van der Waals surface area (Å²) in [6.07, 6.45) is 5.07. The second-order valence-corrected chi connectivity index (χ2v) is 5.47. The molecule has 5 heteroatoms. The van der Waals surface area contributed by atoms with Crippen LogP contribution < -0.4 is 4.90 Å². The molecular formula is C16H15NO4. The number of rotatable bonds is 2. The van der Waals surface area contributed by atoms with E-state index in [1.54, 1.807) is 13.0 Å². The molecule has 1 fully saturated rings. The van der Waals surface area contributed by atoms with Gasteiger partial charge in [-0.15, -0.1) is 0 Å². The number of benzene rings is 1. The Balaban J connectivity index is 1.99. The number of carbonyl (C=O) groups is 3. The predicted molar refractivity (Wildman–Crippen MR) is 76.0 cm³/mol. The van der Waals surface area contributed by atoms with Crippen molar-refractivity contribution in [3.8, 4) is 0 Å². The van der Waals surface area contributed by atoms with Crippen molar-refractivity contribution < 1.29 is 19.5 Å². The third-order valence-corrected chi connectivity index (χ3v) is 4.19. The summed E-state index contributed by atoms with van der Waals surface area (Å²) < 4.78 is 0. The van der Waals surface area contributed by atoms with Crippen molar-refractivity contribution in [2.45, 2.75) is 19.8 Å². The number of hydrogen-bond acceptors (Lipinski definition) is 3. The van der Waals surface area contributed by atoms with Crippen LogP contribution in [-0.2, 0) is 9.59 Å². The Kier molecular flexibility index (Phi) is 3.12. The number of fused-ring (bicyclic) bond motifs is 1. The third kappa shape index (κ3) is 2.05. The fourth-order valence-corrected chi connectivity index (χ4v) is 3.08. The van der Waals surface area contributed by atoms with Gasteiger partial charge < -0.3 is 5.11 Å². The first kappa shape index (κ1) is 13.5. The van der Waals surface area contributed by atoms with E-state index < -0.39 is 5.97 Å². The lowest BCUT2D eigenvalue weighted by atomic mass is 9.85. The molecule has 0 bridgehead atoms. The number of aromatic carboxylic acids is 1. The fourth-order valence-electron chi connectivity index (χ4n) is 3.08. The molecule has 1 saturated heterocycles. The minimum Gasteiger partial charge on any atom is -0.478 e. The first-order chi connectivity index (χ1) is 10.0. The molecule has 1 aliphatic carbocycles. The third-order valence-electron chi connectivity index (χ3n) is 4.19. The van der Waals surface area contributed by atoms with Gasteiger partial charge in [-0.25, -0.2) is 9.69 Å². The molecule has 1 aromatic rings. The Labute approximate surface area is 121 Å². The van der Waals surface area contributed by atoms with Crippen molar-refractivity contribution >= 4 is 23.5 Å². The van der Waals surface area contributed by atoms with Gasteiger partial charge in [-0.05, 0) is 43.5 Å². The fraction of sp³-hybridized carbons (Fsp3) is 0.312. The van der Waals surface area contributed by atoms with Gasteiger partial charge in [0.25, 0.3) is 0 Å². The standard InChI is InChI=1S/C16H15NO4/c1-9-8-10(16(20)21)6-7-13(9)17-14(18)11-4-2-3-5-12(11)15(17)19/h2-3,6-8,11-12H,4-5H2,1H3,(H,20,21). The zero-order chi connectivity index (χ0) is 15.1. The minimum atomic E-state index is -1.03. The second kappa shape index (κ2) is 4.84. The Morgan fingerprint density at radius 1 is 1.14 bits per heavy atom. The number of carbonyl (C=O) groups excluding carboxylic acids is 2. The van der Waals surface area contributed by atoms with Gasteiger partial charge in [0, 0.05) is 0 Å². The predicted octanol–water partition coefficient (Wildman–Crippen LogP) is 2.15. The van der Waals surface area contributed by atoms with E-state index in [-0.39, 0.29) is 29.2 Å². The zero-order valence-corrected chi connectivity index (χ0v) is 11.6. The minimum absolute atomic E-state index is 0.148. The molecular weight excluding hydrogens is 270 g/mol. The molecule has 2 amide bonds. The molecule has 5 nitrogen and oxygen atoms in total. The molecule has 21 heavy (non-hydrogen) atoms. The second-order valence-electron chi connectivity index (χ2n) is 5.47. The summed E-state index contributed by atoms with van der Waals surface area (Å²) in [4.78, 5) is 37.1. The van der Waals surface area contributed by atoms with Crippen LogP contribution in [0, 0.1) is 18.8 Å². The van der Waals surface area contributed by atoms with Gasteiger partial charge in [-0.2, -0.15) is 0 Å². The summed E-state index contributed by atoms with van der Waals surface area (Å²) in [5.74, 6) is -1.94. The van der Waals surface area contributed by atoms with Crippen molar-refractivity contribution in [2.75, 3.05) is 4.90 Å². The number of anilines is 1. The highest BCUT2D eigenvalue weighted by Gasteiger charge is 2.48. The quantitative estimate of drug-likeness (QED) is 0.667. The highest BCUT2D eigenvalue weighted by molar-refractivity contribution is 6.22. The normalized spacial score (nSPS) is 24.3. The summed E-state index contributed by atoms with van der Waals surface area (Å²) >= 11 is 0. The average Bonchev–Trinajstić information content (AvgIpc) is 2.72. The molecule has 0 radical (unpaired) electrons. The van der Waals surface area contributed by atoms with Crippen molar-refractivity contribution in [1.29, 1.82) is 0 Å². The maximum atomic E-state index is 12.5. The largest absolute Gasteiger partial charge is 0.478 e. The number of imide groups is 1. The molecule has 2 unspecified atom stereocenters. The highest BCUT2D eigenvalue weighted by Crippen LogP contribution is 2.38. The van der Waals surface area contributed by atoms with Crippen LogP contribution in [0.1, 0.15) is 28.8 Å². The smallest absolute Gasteiger partial charge is 0.335 e. The van der Waals surface area contributed by atoms with E-state index in [4.69, 9.17) is 5.11 Å². The summed E-state index contributed by atoms with van der Waals surface area (Å²) in [7, 11) is 0. The van der Waals surface area contributed by atoms with Crippen molar-refractivity contribution in [1.82, 2.24) is 0 Å². The summed E-state index contributed by atoms with van der Waals surface area (Å²) in [5, 5.41) is 8.98. The van der Waals surface area contributed by atoms with Gasteiger partial charge in [0.05, 0.1) is 23.1 Å². The topological polar surface area (TPSA) is 74.7 Å². The number of nitrogens with zero attached hydrogens (tertiary/aromatic N) is 1. The Morgan fingerprint density at radius 2 is 1.71 bits per heavy atom. The van der Waals surface area contributed by atoms with Gasteiger partial charge in [-0.1, -0.05) is 12.2 Å². The summed E-state index contributed by atoms with van der Waals surface area (Å²) in [6.45, 7) is 1.71. The van der Waals surface area contributed by atoms with E-state index in [1.807, 2.05) is 12.2 Å². The van der Waals surface area contributed by atoms with Crippen molar-refractivity contribution in [2.24, 2.45) is 11.8 Å². The zero-order valence-electron chi connectivity index (χ0n) is 11.6. The lowest BCUT2D eigenvalue weighted by Gasteiger charge is -2.17. The van der Waals surface area contributed by atoms with Crippen LogP contribution in [0.2, 0.25) is 0 Å². The molecule has 1 heterocycles. The molecule has 108 valence electrons. The van der Waals surface area contributed by atoms with E-state index >= 15 is 0 Å². The number of hydrogen-bond donors (Lipinski definition) is 1. The molecule has 3 rings (SSSR count).